The summed E-state index contributed by atoms with van der Waals surface area (Å²) in [6, 6.07) is 12.1. The van der Waals surface area contributed by atoms with Gasteiger partial charge in [0.15, 0.2) is 0 Å². The number of ether oxygens (including phenoxy) is 2. The van der Waals surface area contributed by atoms with Crippen LogP contribution in [0.15, 0.2) is 42.5 Å². The Morgan fingerprint density at radius 3 is 2.25 bits per heavy atom. The van der Waals surface area contributed by atoms with Gasteiger partial charge in [0.25, 0.3) is 11.8 Å². The second kappa shape index (κ2) is 8.01. The molecule has 0 saturated heterocycles. The molecule has 2 aromatic rings. The van der Waals surface area contributed by atoms with Gasteiger partial charge in [-0.15, -0.1) is 0 Å². The molecule has 2 aromatic carbocycles. The molecule has 2 amide bonds. The van der Waals surface area contributed by atoms with Crippen LogP contribution in [-0.2, 0) is 6.54 Å². The lowest BCUT2D eigenvalue weighted by Gasteiger charge is -2.11. The van der Waals surface area contributed by atoms with Crippen LogP contribution in [0, 0.1) is 0 Å². The van der Waals surface area contributed by atoms with Crippen LogP contribution in [0.25, 0.3) is 0 Å². The second-order valence-corrected chi connectivity index (χ2v) is 5.02. The summed E-state index contributed by atoms with van der Waals surface area (Å²) in [4.78, 5) is 24.2. The SMILES string of the molecule is CNC(=O)c1ccc(OC)c(C(=O)NCc2ccc(OC)cc2)c1. The van der Waals surface area contributed by atoms with E-state index in [0.717, 1.165) is 11.3 Å². The number of amides is 2. The number of rotatable bonds is 6. The van der Waals surface area contributed by atoms with Crippen molar-refractivity contribution in [1.29, 1.82) is 0 Å². The highest BCUT2D eigenvalue weighted by Gasteiger charge is 2.15. The summed E-state index contributed by atoms with van der Waals surface area (Å²) < 4.78 is 10.3. The van der Waals surface area contributed by atoms with Gasteiger partial charge in [-0.2, -0.15) is 0 Å². The number of benzene rings is 2. The molecule has 0 aliphatic carbocycles. The highest BCUT2D eigenvalue weighted by Crippen LogP contribution is 2.20. The molecule has 6 nitrogen and oxygen atoms in total. The van der Waals surface area contributed by atoms with E-state index in [0.29, 0.717) is 23.4 Å². The maximum Gasteiger partial charge on any atom is 0.255 e. The van der Waals surface area contributed by atoms with Crippen molar-refractivity contribution < 1.29 is 19.1 Å². The average Bonchev–Trinajstić information content (AvgIpc) is 2.65. The predicted molar refractivity (Wildman–Crippen MR) is 90.5 cm³/mol. The summed E-state index contributed by atoms with van der Waals surface area (Å²) in [6.07, 6.45) is 0. The summed E-state index contributed by atoms with van der Waals surface area (Å²) in [5, 5.41) is 5.35. The van der Waals surface area contributed by atoms with Gasteiger partial charge in [0, 0.05) is 19.2 Å². The van der Waals surface area contributed by atoms with Crippen molar-refractivity contribution in [3.8, 4) is 11.5 Å². The molecule has 0 aromatic heterocycles. The maximum absolute atomic E-state index is 12.4. The molecule has 0 heterocycles. The van der Waals surface area contributed by atoms with Crippen molar-refractivity contribution in [2.75, 3.05) is 21.3 Å². The Balaban J connectivity index is 2.13. The molecule has 0 unspecified atom stereocenters. The third kappa shape index (κ3) is 4.04. The molecular formula is C18H20N2O4. The van der Waals surface area contributed by atoms with E-state index in [4.69, 9.17) is 9.47 Å². The topological polar surface area (TPSA) is 76.7 Å². The fourth-order valence-electron chi connectivity index (χ4n) is 2.19. The lowest BCUT2D eigenvalue weighted by molar-refractivity contribution is 0.0948. The first-order valence-corrected chi connectivity index (χ1v) is 7.40. The van der Waals surface area contributed by atoms with Crippen molar-refractivity contribution in [2.24, 2.45) is 0 Å². The van der Waals surface area contributed by atoms with E-state index in [1.54, 1.807) is 19.2 Å². The summed E-state index contributed by atoms with van der Waals surface area (Å²) in [5.41, 5.74) is 1.64. The minimum Gasteiger partial charge on any atom is -0.497 e. The van der Waals surface area contributed by atoms with Gasteiger partial charge in [-0.25, -0.2) is 0 Å². The van der Waals surface area contributed by atoms with Gasteiger partial charge in [0.1, 0.15) is 11.5 Å². The summed E-state index contributed by atoms with van der Waals surface area (Å²) in [5.74, 6) is 0.593. The van der Waals surface area contributed by atoms with Gasteiger partial charge in [-0.1, -0.05) is 12.1 Å². The molecule has 2 N–H and O–H groups in total. The molecule has 0 spiro atoms. The van der Waals surface area contributed by atoms with E-state index in [2.05, 4.69) is 10.6 Å². The van der Waals surface area contributed by atoms with Crippen LogP contribution in [0.3, 0.4) is 0 Å². The Labute approximate surface area is 140 Å². The molecule has 0 saturated carbocycles. The quantitative estimate of drug-likeness (QED) is 0.850. The Morgan fingerprint density at radius 1 is 0.958 bits per heavy atom. The van der Waals surface area contributed by atoms with E-state index < -0.39 is 0 Å². The van der Waals surface area contributed by atoms with Crippen LogP contribution in [0.1, 0.15) is 26.3 Å². The Kier molecular flexibility index (Phi) is 5.78. The molecule has 0 aliphatic heterocycles. The Hall–Kier alpha value is -3.02. The summed E-state index contributed by atoms with van der Waals surface area (Å²) in [6.45, 7) is 0.357. The van der Waals surface area contributed by atoms with Gasteiger partial charge in [0.2, 0.25) is 0 Å². The fraction of sp³-hybridized carbons (Fsp3) is 0.222. The number of hydrogen-bond donors (Lipinski definition) is 2. The Morgan fingerprint density at radius 2 is 1.67 bits per heavy atom. The number of hydrogen-bond acceptors (Lipinski definition) is 4. The zero-order valence-electron chi connectivity index (χ0n) is 13.9. The summed E-state index contributed by atoms with van der Waals surface area (Å²) in [7, 11) is 4.62. The van der Waals surface area contributed by atoms with Crippen molar-refractivity contribution in [1.82, 2.24) is 10.6 Å². The molecule has 0 radical (unpaired) electrons. The van der Waals surface area contributed by atoms with Crippen molar-refractivity contribution in [3.63, 3.8) is 0 Å². The zero-order chi connectivity index (χ0) is 17.5. The second-order valence-electron chi connectivity index (χ2n) is 5.02. The molecule has 2 rings (SSSR count). The van der Waals surface area contributed by atoms with Crippen LogP contribution in [0.2, 0.25) is 0 Å². The van der Waals surface area contributed by atoms with Gasteiger partial charge in [-0.05, 0) is 35.9 Å². The van der Waals surface area contributed by atoms with Crippen LogP contribution in [0.4, 0.5) is 0 Å². The first-order chi connectivity index (χ1) is 11.6. The Bertz CT molecular complexity index is 726. The largest absolute Gasteiger partial charge is 0.497 e. The standard InChI is InChI=1S/C18H20N2O4/c1-19-17(21)13-6-9-16(24-3)15(10-13)18(22)20-11-12-4-7-14(23-2)8-5-12/h4-10H,11H2,1-3H3,(H,19,21)(H,20,22). The van der Waals surface area contributed by atoms with E-state index in [9.17, 15) is 9.59 Å². The van der Waals surface area contributed by atoms with Gasteiger partial charge in [-0.3, -0.25) is 9.59 Å². The molecule has 0 fully saturated rings. The lowest BCUT2D eigenvalue weighted by Crippen LogP contribution is -2.24. The van der Waals surface area contributed by atoms with Crippen LogP contribution >= 0.6 is 0 Å². The highest BCUT2D eigenvalue weighted by atomic mass is 16.5. The molecule has 24 heavy (non-hydrogen) atoms. The third-order valence-electron chi connectivity index (χ3n) is 3.55. The van der Waals surface area contributed by atoms with Crippen LogP contribution in [0.5, 0.6) is 11.5 Å². The molecular weight excluding hydrogens is 308 g/mol. The van der Waals surface area contributed by atoms with Crippen molar-refractivity contribution >= 4 is 11.8 Å². The lowest BCUT2D eigenvalue weighted by atomic mass is 10.1. The highest BCUT2D eigenvalue weighted by molar-refractivity contribution is 6.01. The molecule has 6 heteroatoms. The first-order valence-electron chi connectivity index (χ1n) is 7.40. The first kappa shape index (κ1) is 17.3. The average molecular weight is 328 g/mol. The number of carbonyl (C=O) groups excluding carboxylic acids is 2. The van der Waals surface area contributed by atoms with Crippen molar-refractivity contribution in [3.05, 3.63) is 59.2 Å². The van der Waals surface area contributed by atoms with Gasteiger partial charge >= 0.3 is 0 Å². The predicted octanol–water partition coefficient (Wildman–Crippen LogP) is 1.99. The monoisotopic (exact) mass is 328 g/mol. The number of nitrogens with one attached hydrogen (secondary N) is 2. The van der Waals surface area contributed by atoms with E-state index in [1.165, 1.54) is 20.2 Å². The van der Waals surface area contributed by atoms with Crippen LogP contribution in [-0.4, -0.2) is 33.1 Å². The number of carbonyl (C=O) groups is 2. The van der Waals surface area contributed by atoms with Crippen LogP contribution < -0.4 is 20.1 Å². The number of methoxy groups -OCH3 is 2. The smallest absolute Gasteiger partial charge is 0.255 e. The minimum absolute atomic E-state index is 0.262. The zero-order valence-corrected chi connectivity index (χ0v) is 13.9. The van der Waals surface area contributed by atoms with E-state index in [1.807, 2.05) is 24.3 Å². The van der Waals surface area contributed by atoms with Gasteiger partial charge < -0.3 is 20.1 Å². The van der Waals surface area contributed by atoms with Crippen molar-refractivity contribution in [2.45, 2.75) is 6.54 Å². The van der Waals surface area contributed by atoms with Gasteiger partial charge in [0.05, 0.1) is 19.8 Å². The minimum atomic E-state index is -0.312. The third-order valence-corrected chi connectivity index (χ3v) is 3.55. The van der Waals surface area contributed by atoms with E-state index in [-0.39, 0.29) is 11.8 Å². The molecule has 0 aliphatic rings. The maximum atomic E-state index is 12.4. The molecule has 0 atom stereocenters. The molecule has 126 valence electrons. The summed E-state index contributed by atoms with van der Waals surface area (Å²) >= 11 is 0. The normalized spacial score (nSPS) is 9.96. The molecule has 0 bridgehead atoms. The fourth-order valence-corrected chi connectivity index (χ4v) is 2.19. The van der Waals surface area contributed by atoms with E-state index >= 15 is 0 Å².